The Hall–Kier alpha value is -2.83. The summed E-state index contributed by atoms with van der Waals surface area (Å²) in [7, 11) is 0. The molecule has 2 aliphatic heterocycles. The summed E-state index contributed by atoms with van der Waals surface area (Å²) < 4.78 is 42.2. The van der Waals surface area contributed by atoms with Crippen LogP contribution in [0.2, 0.25) is 0 Å². The Labute approximate surface area is 155 Å². The van der Waals surface area contributed by atoms with E-state index in [0.717, 1.165) is 0 Å². The molecule has 0 saturated carbocycles. The van der Waals surface area contributed by atoms with Crippen molar-refractivity contribution in [2.24, 2.45) is 4.99 Å². The Morgan fingerprint density at radius 3 is 2.67 bits per heavy atom. The van der Waals surface area contributed by atoms with Gasteiger partial charge in [0.05, 0.1) is 12.2 Å². The van der Waals surface area contributed by atoms with E-state index in [-0.39, 0.29) is 24.9 Å². The molecule has 0 bridgehead atoms. The zero-order valence-corrected chi connectivity index (χ0v) is 14.8. The molecule has 0 N–H and O–H groups in total. The first-order valence-electron chi connectivity index (χ1n) is 8.81. The summed E-state index contributed by atoms with van der Waals surface area (Å²) in [6.07, 6.45) is 6.33. The third-order valence-electron chi connectivity index (χ3n) is 4.83. The molecular weight excluding hydrogens is 353 g/mol. The molecule has 1 aromatic carbocycles. The van der Waals surface area contributed by atoms with Crippen molar-refractivity contribution in [3.05, 3.63) is 54.6 Å². The zero-order chi connectivity index (χ0) is 19.0. The quantitative estimate of drug-likeness (QED) is 0.796. The van der Waals surface area contributed by atoms with E-state index in [0.29, 0.717) is 22.6 Å². The van der Waals surface area contributed by atoms with E-state index in [9.17, 15) is 13.2 Å². The number of benzene rings is 1. The third kappa shape index (κ3) is 3.29. The summed E-state index contributed by atoms with van der Waals surface area (Å²) in [5, 5.41) is 0. The molecule has 1 fully saturated rings. The predicted molar refractivity (Wildman–Crippen MR) is 101 cm³/mol. The highest BCUT2D eigenvalue weighted by Gasteiger charge is 2.40. The first-order valence-corrected chi connectivity index (χ1v) is 8.81. The van der Waals surface area contributed by atoms with E-state index in [4.69, 9.17) is 0 Å². The van der Waals surface area contributed by atoms with Gasteiger partial charge >= 0.3 is 0 Å². The lowest BCUT2D eigenvalue weighted by atomic mass is 10.0. The van der Waals surface area contributed by atoms with E-state index in [1.807, 2.05) is 18.0 Å². The van der Waals surface area contributed by atoms with Crippen LogP contribution in [-0.4, -0.2) is 36.4 Å². The normalized spacial score (nSPS) is 21.1. The molecular formula is C20H19F3N4. The van der Waals surface area contributed by atoms with Crippen LogP contribution < -0.4 is 9.80 Å². The van der Waals surface area contributed by atoms with Crippen LogP contribution >= 0.6 is 0 Å². The van der Waals surface area contributed by atoms with Crippen molar-refractivity contribution in [1.82, 2.24) is 4.98 Å². The van der Waals surface area contributed by atoms with E-state index >= 15 is 0 Å². The number of anilines is 2. The second-order valence-corrected chi connectivity index (χ2v) is 6.72. The van der Waals surface area contributed by atoms with E-state index in [2.05, 4.69) is 9.98 Å². The van der Waals surface area contributed by atoms with Gasteiger partial charge in [0, 0.05) is 42.7 Å². The van der Waals surface area contributed by atoms with Crippen LogP contribution in [-0.2, 0) is 0 Å². The highest BCUT2D eigenvalue weighted by molar-refractivity contribution is 5.89. The number of hydrogen-bond acceptors (Lipinski definition) is 4. The molecule has 140 valence electrons. The van der Waals surface area contributed by atoms with Crippen LogP contribution in [0.5, 0.6) is 0 Å². The average molecular weight is 372 g/mol. The smallest absolute Gasteiger partial charge is 0.266 e. The maximum Gasteiger partial charge on any atom is 0.266 e. The van der Waals surface area contributed by atoms with Crippen LogP contribution in [0.1, 0.15) is 13.3 Å². The van der Waals surface area contributed by atoms with Crippen molar-refractivity contribution in [3.8, 4) is 11.1 Å². The van der Waals surface area contributed by atoms with Gasteiger partial charge in [-0.3, -0.25) is 4.99 Å². The molecule has 3 heterocycles. The van der Waals surface area contributed by atoms with Gasteiger partial charge < -0.3 is 9.80 Å². The van der Waals surface area contributed by atoms with E-state index in [1.165, 1.54) is 6.07 Å². The summed E-state index contributed by atoms with van der Waals surface area (Å²) in [6, 6.07) is 8.15. The van der Waals surface area contributed by atoms with Gasteiger partial charge in [-0.05, 0) is 25.1 Å². The Morgan fingerprint density at radius 1 is 1.15 bits per heavy atom. The predicted octanol–water partition coefficient (Wildman–Crippen LogP) is 4.48. The highest BCUT2D eigenvalue weighted by atomic mass is 19.3. The number of aliphatic imine (C=N–C) groups is 1. The number of halogens is 3. The first-order chi connectivity index (χ1) is 13.0. The fraction of sp³-hybridized carbons (Fsp3) is 0.300. The minimum Gasteiger partial charge on any atom is -0.349 e. The Morgan fingerprint density at radius 2 is 1.96 bits per heavy atom. The van der Waals surface area contributed by atoms with Crippen LogP contribution in [0.15, 0.2) is 53.8 Å². The second-order valence-electron chi connectivity index (χ2n) is 6.72. The SMILES string of the molecule is CC1N=CC=CN1c1c(-c2ccccc2F)ccnc1N1CCC(F)(F)C1. The lowest BCUT2D eigenvalue weighted by molar-refractivity contribution is 0.0257. The topological polar surface area (TPSA) is 31.7 Å². The molecule has 4 nitrogen and oxygen atoms in total. The fourth-order valence-electron chi connectivity index (χ4n) is 3.51. The Bertz CT molecular complexity index is 910. The Balaban J connectivity index is 1.90. The molecule has 1 unspecified atom stereocenters. The minimum absolute atomic E-state index is 0.197. The van der Waals surface area contributed by atoms with Crippen LogP contribution in [0, 0.1) is 5.82 Å². The largest absolute Gasteiger partial charge is 0.349 e. The number of rotatable bonds is 3. The summed E-state index contributed by atoms with van der Waals surface area (Å²) in [6.45, 7) is 1.69. The van der Waals surface area contributed by atoms with Crippen molar-refractivity contribution in [3.63, 3.8) is 0 Å². The molecule has 27 heavy (non-hydrogen) atoms. The van der Waals surface area contributed by atoms with Crippen molar-refractivity contribution in [2.75, 3.05) is 22.9 Å². The van der Waals surface area contributed by atoms with Gasteiger partial charge in [0.25, 0.3) is 5.92 Å². The lowest BCUT2D eigenvalue weighted by Gasteiger charge is -2.32. The minimum atomic E-state index is -2.76. The summed E-state index contributed by atoms with van der Waals surface area (Å²) in [5.74, 6) is -2.71. The third-order valence-corrected chi connectivity index (χ3v) is 4.83. The van der Waals surface area contributed by atoms with Gasteiger partial charge in [-0.1, -0.05) is 18.2 Å². The number of aromatic nitrogens is 1. The van der Waals surface area contributed by atoms with E-state index in [1.54, 1.807) is 47.7 Å². The van der Waals surface area contributed by atoms with Crippen LogP contribution in [0.3, 0.4) is 0 Å². The van der Waals surface area contributed by atoms with Crippen LogP contribution in [0.25, 0.3) is 11.1 Å². The molecule has 0 radical (unpaired) electrons. The summed E-state index contributed by atoms with van der Waals surface area (Å²) >= 11 is 0. The summed E-state index contributed by atoms with van der Waals surface area (Å²) in [4.78, 5) is 12.2. The van der Waals surface area contributed by atoms with Gasteiger partial charge in [-0.2, -0.15) is 0 Å². The molecule has 2 aromatic rings. The lowest BCUT2D eigenvalue weighted by Crippen LogP contribution is -2.32. The fourth-order valence-corrected chi connectivity index (χ4v) is 3.51. The Kier molecular flexibility index (Phi) is 4.37. The van der Waals surface area contributed by atoms with Crippen molar-refractivity contribution in [1.29, 1.82) is 0 Å². The highest BCUT2D eigenvalue weighted by Crippen LogP contribution is 2.42. The molecule has 0 amide bonds. The molecule has 1 saturated heterocycles. The standard InChI is InChI=1S/C20H19F3N4/c1-14-24-9-4-11-27(14)18-16(15-5-2-3-6-17(15)21)7-10-25-19(18)26-12-8-20(22,23)13-26/h2-7,9-11,14H,8,12-13H2,1H3. The molecule has 0 aliphatic carbocycles. The molecule has 0 spiro atoms. The maximum atomic E-state index is 14.5. The van der Waals surface area contributed by atoms with Crippen molar-refractivity contribution in [2.45, 2.75) is 25.4 Å². The van der Waals surface area contributed by atoms with Crippen molar-refractivity contribution >= 4 is 17.7 Å². The summed E-state index contributed by atoms with van der Waals surface area (Å²) in [5.41, 5.74) is 1.58. The molecule has 7 heteroatoms. The van der Waals surface area contributed by atoms with E-state index < -0.39 is 12.5 Å². The molecule has 2 aliphatic rings. The number of alkyl halides is 2. The number of hydrogen-bond donors (Lipinski definition) is 0. The molecule has 1 atom stereocenters. The molecule has 1 aromatic heterocycles. The van der Waals surface area contributed by atoms with Crippen LogP contribution in [0.4, 0.5) is 24.7 Å². The van der Waals surface area contributed by atoms with Gasteiger partial charge in [-0.15, -0.1) is 0 Å². The van der Waals surface area contributed by atoms with Gasteiger partial charge in [0.2, 0.25) is 0 Å². The molecule has 4 rings (SSSR count). The number of nitrogens with zero attached hydrogens (tertiary/aromatic N) is 4. The van der Waals surface area contributed by atoms with Crippen molar-refractivity contribution < 1.29 is 13.2 Å². The average Bonchev–Trinajstić information content (AvgIpc) is 3.02. The zero-order valence-electron chi connectivity index (χ0n) is 14.8. The number of allylic oxidation sites excluding steroid dienone is 1. The monoisotopic (exact) mass is 372 g/mol. The van der Waals surface area contributed by atoms with Gasteiger partial charge in [-0.25, -0.2) is 18.2 Å². The number of pyridine rings is 1. The second kappa shape index (κ2) is 6.72. The van der Waals surface area contributed by atoms with Gasteiger partial charge in [0.15, 0.2) is 5.82 Å². The first kappa shape index (κ1) is 17.6. The van der Waals surface area contributed by atoms with Gasteiger partial charge in [0.1, 0.15) is 12.0 Å². The maximum absolute atomic E-state index is 14.5.